The first-order valence-electron chi connectivity index (χ1n) is 6.61. The molecule has 2 rings (SSSR count). The van der Waals surface area contributed by atoms with Crippen molar-refractivity contribution < 1.29 is 9.59 Å². The third-order valence-corrected chi connectivity index (χ3v) is 4.29. The fourth-order valence-corrected chi connectivity index (χ4v) is 2.86. The zero-order valence-electron chi connectivity index (χ0n) is 11.4. The molecule has 0 radical (unpaired) electrons. The van der Waals surface area contributed by atoms with Gasteiger partial charge in [-0.15, -0.1) is 0 Å². The predicted octanol–water partition coefficient (Wildman–Crippen LogP) is 0.637. The molecule has 1 saturated carbocycles. The number of carbonyl (C=O) groups excluding carboxylic acids is 2. The molecular formula is C12H19N5O2S. The Morgan fingerprint density at radius 3 is 2.70 bits per heavy atom. The Morgan fingerprint density at radius 1 is 1.50 bits per heavy atom. The Morgan fingerprint density at radius 2 is 2.20 bits per heavy atom. The molecule has 0 bridgehead atoms. The van der Waals surface area contributed by atoms with E-state index in [0.29, 0.717) is 22.6 Å². The van der Waals surface area contributed by atoms with Crippen LogP contribution < -0.4 is 16.8 Å². The maximum atomic E-state index is 12.3. The van der Waals surface area contributed by atoms with Crippen LogP contribution in [0.25, 0.3) is 0 Å². The van der Waals surface area contributed by atoms with Crippen molar-refractivity contribution >= 4 is 34.1 Å². The van der Waals surface area contributed by atoms with Crippen LogP contribution in [-0.2, 0) is 4.79 Å². The monoisotopic (exact) mass is 297 g/mol. The van der Waals surface area contributed by atoms with Crippen molar-refractivity contribution in [1.82, 2.24) is 9.88 Å². The van der Waals surface area contributed by atoms with Crippen LogP contribution in [0.4, 0.5) is 10.9 Å². The van der Waals surface area contributed by atoms with Crippen LogP contribution in [0.5, 0.6) is 0 Å². The molecule has 2 amide bonds. The number of carbonyl (C=O) groups is 2. The first-order chi connectivity index (χ1) is 9.51. The number of hydrogen-bond donors (Lipinski definition) is 3. The number of primary amides is 1. The quantitative estimate of drug-likeness (QED) is 0.712. The van der Waals surface area contributed by atoms with Crippen LogP contribution in [0, 0.1) is 0 Å². The summed E-state index contributed by atoms with van der Waals surface area (Å²) in [7, 11) is 0. The topological polar surface area (TPSA) is 114 Å². The Hall–Kier alpha value is -1.83. The minimum Gasteiger partial charge on any atom is -0.382 e. The van der Waals surface area contributed by atoms with Gasteiger partial charge in [0.2, 0.25) is 5.91 Å². The lowest BCUT2D eigenvalue weighted by atomic mass is 9.93. The molecule has 0 atom stereocenters. The van der Waals surface area contributed by atoms with Gasteiger partial charge >= 0.3 is 0 Å². The molecular weight excluding hydrogens is 278 g/mol. The molecule has 110 valence electrons. The number of aromatic nitrogens is 1. The summed E-state index contributed by atoms with van der Waals surface area (Å²) in [5.41, 5.74) is 10.9. The molecule has 0 unspecified atom stereocenters. The lowest BCUT2D eigenvalue weighted by molar-refractivity contribution is -0.118. The molecule has 0 aromatic carbocycles. The first kappa shape index (κ1) is 14.6. The number of nitrogens with two attached hydrogens (primary N) is 2. The maximum Gasteiger partial charge on any atom is 0.268 e. The number of rotatable bonds is 6. The minimum atomic E-state index is -0.545. The number of nitrogens with one attached hydrogen (secondary N) is 1. The molecule has 8 heteroatoms. The smallest absolute Gasteiger partial charge is 0.268 e. The van der Waals surface area contributed by atoms with Crippen molar-refractivity contribution in [3.8, 4) is 0 Å². The third-order valence-electron chi connectivity index (χ3n) is 3.30. The van der Waals surface area contributed by atoms with Crippen LogP contribution in [0.3, 0.4) is 0 Å². The summed E-state index contributed by atoms with van der Waals surface area (Å²) < 4.78 is 0. The Labute approximate surface area is 121 Å². The van der Waals surface area contributed by atoms with Gasteiger partial charge in [-0.2, -0.15) is 0 Å². The van der Waals surface area contributed by atoms with Gasteiger partial charge < -0.3 is 21.7 Å². The highest BCUT2D eigenvalue weighted by Gasteiger charge is 2.24. The number of amides is 2. The van der Waals surface area contributed by atoms with E-state index in [2.05, 4.69) is 10.3 Å². The Bertz CT molecular complexity index is 512. The summed E-state index contributed by atoms with van der Waals surface area (Å²) in [6.07, 6.45) is 3.45. The molecule has 0 spiro atoms. The highest BCUT2D eigenvalue weighted by Crippen LogP contribution is 2.30. The summed E-state index contributed by atoms with van der Waals surface area (Å²) in [6, 6.07) is 0.427. The molecule has 5 N–H and O–H groups in total. The normalized spacial score (nSPS) is 14.7. The summed E-state index contributed by atoms with van der Waals surface area (Å²) in [5, 5.41) is 3.92. The lowest BCUT2D eigenvalue weighted by Gasteiger charge is -2.25. The zero-order valence-corrected chi connectivity index (χ0v) is 12.2. The zero-order chi connectivity index (χ0) is 14.7. The predicted molar refractivity (Wildman–Crippen MR) is 78.6 cm³/mol. The molecule has 20 heavy (non-hydrogen) atoms. The molecule has 1 aromatic heterocycles. The fourth-order valence-electron chi connectivity index (χ4n) is 1.93. The molecule has 1 fully saturated rings. The number of anilines is 2. The number of nitrogens with zero attached hydrogens (tertiary/aromatic N) is 2. The van der Waals surface area contributed by atoms with E-state index in [1.165, 1.54) is 22.7 Å². The van der Waals surface area contributed by atoms with E-state index in [0.717, 1.165) is 12.8 Å². The number of thiazole rings is 1. The third kappa shape index (κ3) is 3.19. The summed E-state index contributed by atoms with van der Waals surface area (Å²) >= 11 is 1.23. The van der Waals surface area contributed by atoms with Crippen LogP contribution in [0.1, 0.15) is 35.9 Å². The molecule has 1 heterocycles. The molecule has 0 aliphatic heterocycles. The van der Waals surface area contributed by atoms with Crippen molar-refractivity contribution in [2.24, 2.45) is 5.73 Å². The molecule has 7 nitrogen and oxygen atoms in total. The summed E-state index contributed by atoms with van der Waals surface area (Å²) in [6.45, 7) is 2.06. The van der Waals surface area contributed by atoms with Crippen molar-refractivity contribution in [2.75, 3.05) is 24.1 Å². The standard InChI is InChI=1S/C12H19N5O2S/c1-2-17(6-8(13)18)11(19)9-10(14)16-12(20-9)15-7-4-3-5-7/h7H,2-6,14H2,1H3,(H2,13,18)(H,15,16). The second kappa shape index (κ2) is 6.08. The summed E-state index contributed by atoms with van der Waals surface area (Å²) in [4.78, 5) is 29.1. The first-order valence-corrected chi connectivity index (χ1v) is 7.43. The van der Waals surface area contributed by atoms with E-state index in [4.69, 9.17) is 11.5 Å². The average molecular weight is 297 g/mol. The van der Waals surface area contributed by atoms with Gasteiger partial charge in [0.25, 0.3) is 5.91 Å². The van der Waals surface area contributed by atoms with Gasteiger partial charge in [-0.3, -0.25) is 9.59 Å². The molecule has 1 aliphatic rings. The number of nitrogen functional groups attached to an aromatic ring is 1. The minimum absolute atomic E-state index is 0.113. The largest absolute Gasteiger partial charge is 0.382 e. The van der Waals surface area contributed by atoms with Crippen LogP contribution >= 0.6 is 11.3 Å². The SMILES string of the molecule is CCN(CC(N)=O)C(=O)c1sc(NC2CCC2)nc1N. The van der Waals surface area contributed by atoms with Crippen LogP contribution in [-0.4, -0.2) is 40.8 Å². The van der Waals surface area contributed by atoms with Crippen molar-refractivity contribution in [3.05, 3.63) is 4.88 Å². The summed E-state index contributed by atoms with van der Waals surface area (Å²) in [5.74, 6) is -0.649. The van der Waals surface area contributed by atoms with Gasteiger partial charge in [-0.05, 0) is 26.2 Å². The van der Waals surface area contributed by atoms with E-state index < -0.39 is 5.91 Å². The van der Waals surface area contributed by atoms with Gasteiger partial charge in [-0.1, -0.05) is 11.3 Å². The van der Waals surface area contributed by atoms with Crippen LogP contribution in [0.15, 0.2) is 0 Å². The van der Waals surface area contributed by atoms with Gasteiger partial charge in [0, 0.05) is 12.6 Å². The molecule has 1 aliphatic carbocycles. The van der Waals surface area contributed by atoms with Crippen LogP contribution in [0.2, 0.25) is 0 Å². The highest BCUT2D eigenvalue weighted by atomic mass is 32.1. The van der Waals surface area contributed by atoms with E-state index in [1.807, 2.05) is 0 Å². The average Bonchev–Trinajstić information content (AvgIpc) is 2.71. The van der Waals surface area contributed by atoms with Gasteiger partial charge in [-0.25, -0.2) is 4.98 Å². The molecule has 0 saturated heterocycles. The maximum absolute atomic E-state index is 12.3. The Balaban J connectivity index is 2.09. The van der Waals surface area contributed by atoms with Gasteiger partial charge in [0.1, 0.15) is 10.7 Å². The van der Waals surface area contributed by atoms with E-state index in [9.17, 15) is 9.59 Å². The van der Waals surface area contributed by atoms with E-state index in [1.54, 1.807) is 6.92 Å². The number of likely N-dealkylation sites (N-methyl/N-ethyl adjacent to an activating group) is 1. The van der Waals surface area contributed by atoms with Crippen molar-refractivity contribution in [2.45, 2.75) is 32.2 Å². The molecule has 1 aromatic rings. The second-order valence-electron chi connectivity index (χ2n) is 4.79. The van der Waals surface area contributed by atoms with E-state index >= 15 is 0 Å². The van der Waals surface area contributed by atoms with Crippen molar-refractivity contribution in [3.63, 3.8) is 0 Å². The highest BCUT2D eigenvalue weighted by molar-refractivity contribution is 7.18. The number of hydrogen-bond acceptors (Lipinski definition) is 6. The van der Waals surface area contributed by atoms with E-state index in [-0.39, 0.29) is 18.3 Å². The lowest BCUT2D eigenvalue weighted by Crippen LogP contribution is -2.38. The Kier molecular flexibility index (Phi) is 4.43. The van der Waals surface area contributed by atoms with Gasteiger partial charge in [0.05, 0.1) is 6.54 Å². The van der Waals surface area contributed by atoms with Crippen molar-refractivity contribution in [1.29, 1.82) is 0 Å². The van der Waals surface area contributed by atoms with Gasteiger partial charge in [0.15, 0.2) is 5.13 Å². The fraction of sp³-hybridized carbons (Fsp3) is 0.583. The second-order valence-corrected chi connectivity index (χ2v) is 5.79.